The summed E-state index contributed by atoms with van der Waals surface area (Å²) in [7, 11) is 0. The molecule has 0 amide bonds. The summed E-state index contributed by atoms with van der Waals surface area (Å²) in [6.07, 6.45) is 0. The summed E-state index contributed by atoms with van der Waals surface area (Å²) >= 11 is 12.0. The molecule has 76 valence electrons. The van der Waals surface area contributed by atoms with E-state index < -0.39 is 0 Å². The van der Waals surface area contributed by atoms with Gasteiger partial charge in [-0.05, 0) is 19.1 Å². The first kappa shape index (κ1) is 11.3. The molecule has 0 radical (unpaired) electrons. The minimum Gasteiger partial charge on any atom is -0.293 e. The van der Waals surface area contributed by atoms with Gasteiger partial charge in [0.25, 0.3) is 0 Å². The zero-order chi connectivity index (χ0) is 10.6. The predicted octanol–water partition coefficient (Wildman–Crippen LogP) is 3.43. The fourth-order valence-electron chi connectivity index (χ4n) is 1.13. The second kappa shape index (κ2) is 5.23. The second-order valence-electron chi connectivity index (χ2n) is 2.82. The van der Waals surface area contributed by atoms with Crippen molar-refractivity contribution >= 4 is 29.9 Å². The van der Waals surface area contributed by atoms with E-state index in [0.29, 0.717) is 16.6 Å². The predicted molar refractivity (Wildman–Crippen MR) is 62.1 cm³/mol. The molecule has 1 aromatic rings. The Hall–Kier alpha value is -0.730. The molecule has 0 aliphatic heterocycles. The Bertz CT molecular complexity index is 306. The Morgan fingerprint density at radius 2 is 1.93 bits per heavy atom. The Balaban J connectivity index is 2.89. The van der Waals surface area contributed by atoms with Crippen molar-refractivity contribution in [2.75, 3.05) is 6.54 Å². The van der Waals surface area contributed by atoms with Crippen molar-refractivity contribution in [2.45, 2.75) is 13.5 Å². The molecule has 4 heteroatoms. The van der Waals surface area contributed by atoms with E-state index >= 15 is 0 Å². The van der Waals surface area contributed by atoms with Crippen LogP contribution >= 0.6 is 23.2 Å². The minimum atomic E-state index is 0.596. The van der Waals surface area contributed by atoms with Crippen LogP contribution in [0.3, 0.4) is 0 Å². The van der Waals surface area contributed by atoms with E-state index in [1.54, 1.807) is 5.01 Å². The Kier molecular flexibility index (Phi) is 4.23. The molecular formula is C10H12Cl2N2. The van der Waals surface area contributed by atoms with Gasteiger partial charge >= 0.3 is 0 Å². The highest BCUT2D eigenvalue weighted by atomic mass is 35.5. The van der Waals surface area contributed by atoms with Crippen molar-refractivity contribution < 1.29 is 0 Å². The van der Waals surface area contributed by atoms with Crippen LogP contribution in [0.15, 0.2) is 23.3 Å². The van der Waals surface area contributed by atoms with Crippen LogP contribution in [0.4, 0.5) is 0 Å². The maximum atomic E-state index is 6.01. The van der Waals surface area contributed by atoms with Gasteiger partial charge in [-0.2, -0.15) is 5.10 Å². The lowest BCUT2D eigenvalue weighted by Crippen LogP contribution is -2.16. The van der Waals surface area contributed by atoms with Crippen molar-refractivity contribution in [2.24, 2.45) is 5.10 Å². The first-order valence-corrected chi connectivity index (χ1v) is 5.09. The zero-order valence-electron chi connectivity index (χ0n) is 8.00. The molecule has 2 nitrogen and oxygen atoms in total. The summed E-state index contributed by atoms with van der Waals surface area (Å²) in [5.74, 6) is 0. The third-order valence-electron chi connectivity index (χ3n) is 1.97. The molecular weight excluding hydrogens is 219 g/mol. The molecule has 0 aliphatic rings. The fourth-order valence-corrected chi connectivity index (χ4v) is 1.64. The summed E-state index contributed by atoms with van der Waals surface area (Å²) in [5.41, 5.74) is 0.894. The van der Waals surface area contributed by atoms with Crippen molar-refractivity contribution in [3.63, 3.8) is 0 Å². The molecule has 0 fully saturated rings. The monoisotopic (exact) mass is 230 g/mol. The molecule has 1 rings (SSSR count). The van der Waals surface area contributed by atoms with Gasteiger partial charge in [-0.1, -0.05) is 29.3 Å². The maximum Gasteiger partial charge on any atom is 0.0639 e. The largest absolute Gasteiger partial charge is 0.293 e. The van der Waals surface area contributed by atoms with E-state index in [-0.39, 0.29) is 0 Å². The molecule has 0 N–H and O–H groups in total. The van der Waals surface area contributed by atoms with E-state index in [0.717, 1.165) is 12.1 Å². The van der Waals surface area contributed by atoms with Crippen LogP contribution in [0.5, 0.6) is 0 Å². The van der Waals surface area contributed by atoms with Gasteiger partial charge in [0.1, 0.15) is 0 Å². The number of rotatable bonds is 4. The van der Waals surface area contributed by atoms with Gasteiger partial charge in [0.15, 0.2) is 0 Å². The van der Waals surface area contributed by atoms with E-state index in [1.165, 1.54) is 0 Å². The smallest absolute Gasteiger partial charge is 0.0639 e. The van der Waals surface area contributed by atoms with Crippen LogP contribution in [-0.2, 0) is 6.54 Å². The molecule has 1 aromatic carbocycles. The van der Waals surface area contributed by atoms with Gasteiger partial charge in [-0.25, -0.2) is 0 Å². The molecule has 0 saturated carbocycles. The molecule has 0 saturated heterocycles. The molecule has 0 bridgehead atoms. The number of nitrogens with zero attached hydrogens (tertiary/aromatic N) is 2. The number of benzene rings is 1. The number of halogens is 2. The highest BCUT2D eigenvalue weighted by molar-refractivity contribution is 6.35. The van der Waals surface area contributed by atoms with Crippen LogP contribution < -0.4 is 0 Å². The van der Waals surface area contributed by atoms with E-state index in [9.17, 15) is 0 Å². The summed E-state index contributed by atoms with van der Waals surface area (Å²) in [5, 5.41) is 6.98. The Morgan fingerprint density at radius 1 is 1.36 bits per heavy atom. The quantitative estimate of drug-likeness (QED) is 0.572. The van der Waals surface area contributed by atoms with Gasteiger partial charge in [-0.3, -0.25) is 5.01 Å². The molecule has 0 aromatic heterocycles. The molecule has 14 heavy (non-hydrogen) atoms. The lowest BCUT2D eigenvalue weighted by atomic mass is 10.2. The van der Waals surface area contributed by atoms with Crippen LogP contribution in [0.2, 0.25) is 10.0 Å². The highest BCUT2D eigenvalue weighted by Crippen LogP contribution is 2.25. The number of hydrazone groups is 1. The van der Waals surface area contributed by atoms with Crippen LogP contribution in [0.1, 0.15) is 12.5 Å². The van der Waals surface area contributed by atoms with Gasteiger partial charge in [-0.15, -0.1) is 0 Å². The average Bonchev–Trinajstić information content (AvgIpc) is 2.18. The van der Waals surface area contributed by atoms with Crippen molar-refractivity contribution in [1.82, 2.24) is 5.01 Å². The van der Waals surface area contributed by atoms with Crippen LogP contribution in [0.25, 0.3) is 0 Å². The second-order valence-corrected chi connectivity index (χ2v) is 3.64. The minimum absolute atomic E-state index is 0.596. The third-order valence-corrected chi connectivity index (χ3v) is 2.68. The van der Waals surface area contributed by atoms with Gasteiger partial charge in [0, 0.05) is 28.9 Å². The van der Waals surface area contributed by atoms with E-state index in [1.807, 2.05) is 25.1 Å². The number of hydrogen-bond donors (Lipinski definition) is 0. The fraction of sp³-hybridized carbons (Fsp3) is 0.300. The van der Waals surface area contributed by atoms with Crippen LogP contribution in [0, 0.1) is 0 Å². The molecule has 0 unspecified atom stereocenters. The Labute approximate surface area is 94.1 Å². The standard InChI is InChI=1S/C10H12Cl2N2/c1-3-14(13-2)7-8-9(11)5-4-6-10(8)12/h4-6H,2-3,7H2,1H3. The maximum absolute atomic E-state index is 6.01. The molecule has 0 spiro atoms. The lowest BCUT2D eigenvalue weighted by molar-refractivity contribution is 0.299. The topological polar surface area (TPSA) is 15.6 Å². The van der Waals surface area contributed by atoms with Gasteiger partial charge in [0.05, 0.1) is 6.54 Å². The average molecular weight is 231 g/mol. The SMILES string of the molecule is C=NN(CC)Cc1c(Cl)cccc1Cl. The third kappa shape index (κ3) is 2.63. The Morgan fingerprint density at radius 3 is 2.36 bits per heavy atom. The van der Waals surface area contributed by atoms with E-state index in [2.05, 4.69) is 11.8 Å². The lowest BCUT2D eigenvalue weighted by Gasteiger charge is -2.17. The summed E-state index contributed by atoms with van der Waals surface area (Å²) < 4.78 is 0. The summed E-state index contributed by atoms with van der Waals surface area (Å²) in [4.78, 5) is 0. The van der Waals surface area contributed by atoms with Crippen molar-refractivity contribution in [3.8, 4) is 0 Å². The highest BCUT2D eigenvalue weighted by Gasteiger charge is 2.07. The van der Waals surface area contributed by atoms with Crippen molar-refractivity contribution in [1.29, 1.82) is 0 Å². The number of hydrogen-bond acceptors (Lipinski definition) is 2. The van der Waals surface area contributed by atoms with E-state index in [4.69, 9.17) is 23.2 Å². The first-order valence-electron chi connectivity index (χ1n) is 4.33. The van der Waals surface area contributed by atoms with Gasteiger partial charge in [0.2, 0.25) is 0 Å². The first-order chi connectivity index (χ1) is 6.69. The molecule has 0 aliphatic carbocycles. The molecule has 0 atom stereocenters. The van der Waals surface area contributed by atoms with Crippen molar-refractivity contribution in [3.05, 3.63) is 33.8 Å². The summed E-state index contributed by atoms with van der Waals surface area (Å²) in [6, 6.07) is 5.46. The van der Waals surface area contributed by atoms with Crippen LogP contribution in [-0.4, -0.2) is 18.3 Å². The summed E-state index contributed by atoms with van der Waals surface area (Å²) in [6.45, 7) is 6.86. The molecule has 0 heterocycles. The van der Waals surface area contributed by atoms with Gasteiger partial charge < -0.3 is 0 Å². The normalized spacial score (nSPS) is 9.93. The zero-order valence-corrected chi connectivity index (χ0v) is 9.52.